The van der Waals surface area contributed by atoms with Crippen LogP contribution in [0.2, 0.25) is 0 Å². The van der Waals surface area contributed by atoms with E-state index in [1.165, 1.54) is 12.8 Å². The molecule has 0 bridgehead atoms. The number of likely N-dealkylation sites (tertiary alicyclic amines) is 1. The number of ketones is 1. The summed E-state index contributed by atoms with van der Waals surface area (Å²) in [6.07, 6.45) is 3.30. The highest BCUT2D eigenvalue weighted by Crippen LogP contribution is 2.21. The topological polar surface area (TPSA) is 38.1 Å². The molecule has 3 N–H and O–H groups in total. The fraction of sp³-hybridized carbons (Fsp3) is 0.938. The summed E-state index contributed by atoms with van der Waals surface area (Å²) in [7, 11) is 0. The summed E-state index contributed by atoms with van der Waals surface area (Å²) in [6.45, 7) is 14.9. The Bertz CT molecular complexity index is 346. The molecule has 0 aromatic heterocycles. The van der Waals surface area contributed by atoms with E-state index in [4.69, 9.17) is 0 Å². The maximum absolute atomic E-state index is 11.9. The van der Waals surface area contributed by atoms with Crippen LogP contribution >= 0.6 is 0 Å². The van der Waals surface area contributed by atoms with Gasteiger partial charge in [-0.3, -0.25) is 4.79 Å². The first kappa shape index (κ1) is 15.0. The molecule has 2 heterocycles. The number of carbonyl (C=O) groups is 1. The number of piperidine rings is 2. The summed E-state index contributed by atoms with van der Waals surface area (Å²) < 4.78 is 0. The van der Waals surface area contributed by atoms with Gasteiger partial charge < -0.3 is 10.2 Å². The average Bonchev–Trinajstić information content (AvgIpc) is 2.21. The van der Waals surface area contributed by atoms with E-state index in [2.05, 4.69) is 46.9 Å². The van der Waals surface area contributed by atoms with Crippen molar-refractivity contribution in [2.75, 3.05) is 6.54 Å². The monoisotopic (exact) mass is 268 g/mol. The third-order valence-corrected chi connectivity index (χ3v) is 5.35. The first-order valence-electron chi connectivity index (χ1n) is 7.87. The van der Waals surface area contributed by atoms with E-state index in [1.807, 2.05) is 0 Å². The van der Waals surface area contributed by atoms with Gasteiger partial charge in [-0.2, -0.15) is 0 Å². The summed E-state index contributed by atoms with van der Waals surface area (Å²) in [5.74, 6) is 0.707. The van der Waals surface area contributed by atoms with Gasteiger partial charge in [0.1, 0.15) is 5.78 Å². The number of Topliss-reactive ketones (excluding diaryl/α,β-unsaturated/α-hetero) is 1. The van der Waals surface area contributed by atoms with Crippen molar-refractivity contribution >= 4 is 5.78 Å². The molecule has 2 saturated heterocycles. The molecular formula is C16H32N2O+2. The summed E-state index contributed by atoms with van der Waals surface area (Å²) in [5.41, 5.74) is 0.646. The first-order chi connectivity index (χ1) is 8.61. The number of hydrogen-bond acceptors (Lipinski definition) is 1. The lowest BCUT2D eigenvalue weighted by atomic mass is 9.77. The molecular weight excluding hydrogens is 236 g/mol. The maximum atomic E-state index is 11.9. The van der Waals surface area contributed by atoms with E-state index < -0.39 is 0 Å². The Balaban J connectivity index is 2.15. The standard InChI is InChI=1S/C16H30N2O/c1-11-12(2)18(8-7-14(11)19)13-9-15(3,4)17-16(5,6)10-13/h11-13,17H,7-10H2,1-6H3/p+2/t11-,12-/m1/s1. The van der Waals surface area contributed by atoms with Crippen molar-refractivity contribution in [1.29, 1.82) is 0 Å². The minimum absolute atomic E-state index is 0.237. The summed E-state index contributed by atoms with van der Waals surface area (Å²) in [6, 6.07) is 1.19. The Hall–Kier alpha value is -0.410. The van der Waals surface area contributed by atoms with E-state index in [0.717, 1.165) is 13.0 Å². The second-order valence-electron chi connectivity index (χ2n) is 8.35. The van der Waals surface area contributed by atoms with Crippen molar-refractivity contribution in [3.05, 3.63) is 0 Å². The quantitative estimate of drug-likeness (QED) is 0.698. The molecule has 19 heavy (non-hydrogen) atoms. The predicted molar refractivity (Wildman–Crippen MR) is 77.2 cm³/mol. The molecule has 2 aliphatic heterocycles. The molecule has 0 saturated carbocycles. The van der Waals surface area contributed by atoms with Crippen molar-refractivity contribution < 1.29 is 15.0 Å². The van der Waals surface area contributed by atoms with E-state index in [9.17, 15) is 4.79 Å². The van der Waals surface area contributed by atoms with Crippen LogP contribution in [0, 0.1) is 5.92 Å². The molecule has 0 radical (unpaired) electrons. The van der Waals surface area contributed by atoms with Gasteiger partial charge in [0.2, 0.25) is 0 Å². The van der Waals surface area contributed by atoms with Gasteiger partial charge in [-0.15, -0.1) is 0 Å². The molecule has 0 aromatic carbocycles. The van der Waals surface area contributed by atoms with E-state index >= 15 is 0 Å². The predicted octanol–water partition coefficient (Wildman–Crippen LogP) is 0.152. The van der Waals surface area contributed by atoms with Crippen LogP contribution in [0.15, 0.2) is 0 Å². The largest absolute Gasteiger partial charge is 0.337 e. The van der Waals surface area contributed by atoms with Gasteiger partial charge in [-0.1, -0.05) is 0 Å². The Morgan fingerprint density at radius 3 is 2.16 bits per heavy atom. The number of quaternary nitrogens is 2. The van der Waals surface area contributed by atoms with Crippen LogP contribution in [0.4, 0.5) is 0 Å². The summed E-state index contributed by atoms with van der Waals surface area (Å²) in [4.78, 5) is 13.5. The van der Waals surface area contributed by atoms with Crippen molar-refractivity contribution in [2.24, 2.45) is 5.92 Å². The molecule has 3 heteroatoms. The number of nitrogens with two attached hydrogens (primary N) is 1. The zero-order valence-corrected chi connectivity index (χ0v) is 13.5. The molecule has 0 aromatic rings. The Labute approximate surface area is 118 Å². The Morgan fingerprint density at radius 1 is 1.11 bits per heavy atom. The van der Waals surface area contributed by atoms with Crippen LogP contribution in [0.25, 0.3) is 0 Å². The molecule has 110 valence electrons. The van der Waals surface area contributed by atoms with E-state index in [1.54, 1.807) is 4.90 Å². The lowest BCUT2D eigenvalue weighted by molar-refractivity contribution is -0.966. The summed E-state index contributed by atoms with van der Waals surface area (Å²) in [5, 5.41) is 2.54. The van der Waals surface area contributed by atoms with Gasteiger partial charge in [0.25, 0.3) is 0 Å². The van der Waals surface area contributed by atoms with Crippen molar-refractivity contribution in [3.63, 3.8) is 0 Å². The Kier molecular flexibility index (Phi) is 3.83. The smallest absolute Gasteiger partial charge is 0.147 e. The van der Waals surface area contributed by atoms with Crippen LogP contribution in [-0.2, 0) is 4.79 Å². The van der Waals surface area contributed by atoms with Crippen LogP contribution in [0.5, 0.6) is 0 Å². The molecule has 2 fully saturated rings. The van der Waals surface area contributed by atoms with Crippen LogP contribution < -0.4 is 10.2 Å². The first-order valence-corrected chi connectivity index (χ1v) is 7.87. The average molecular weight is 268 g/mol. The lowest BCUT2D eigenvalue weighted by Gasteiger charge is -2.48. The minimum atomic E-state index is 0.237. The van der Waals surface area contributed by atoms with Gasteiger partial charge in [0.05, 0.1) is 54.9 Å². The molecule has 2 rings (SSSR count). The van der Waals surface area contributed by atoms with Gasteiger partial charge in [-0.05, 0) is 41.5 Å². The second kappa shape index (κ2) is 4.85. The van der Waals surface area contributed by atoms with Gasteiger partial charge in [0, 0.05) is 0 Å². The number of rotatable bonds is 1. The molecule has 0 spiro atoms. The highest BCUT2D eigenvalue weighted by molar-refractivity contribution is 5.81. The van der Waals surface area contributed by atoms with E-state index in [0.29, 0.717) is 28.9 Å². The van der Waals surface area contributed by atoms with Crippen molar-refractivity contribution in [3.8, 4) is 0 Å². The SMILES string of the molecule is C[C@@H]1[C@@H](C)C(=O)CC[NH+]1C1CC(C)(C)[NH2+]C(C)(C)C1. The third kappa shape index (κ3) is 3.19. The maximum Gasteiger partial charge on any atom is 0.147 e. The van der Waals surface area contributed by atoms with Crippen LogP contribution in [0.3, 0.4) is 0 Å². The molecule has 1 unspecified atom stereocenters. The normalized spacial score (nSPS) is 39.3. The van der Waals surface area contributed by atoms with Gasteiger partial charge in [0.15, 0.2) is 0 Å². The molecule has 0 aliphatic carbocycles. The summed E-state index contributed by atoms with van der Waals surface area (Å²) >= 11 is 0. The molecule has 3 nitrogen and oxygen atoms in total. The van der Waals surface area contributed by atoms with Crippen LogP contribution in [0.1, 0.15) is 60.8 Å². The van der Waals surface area contributed by atoms with Gasteiger partial charge in [-0.25, -0.2) is 0 Å². The Morgan fingerprint density at radius 2 is 1.63 bits per heavy atom. The number of nitrogens with one attached hydrogen (secondary N) is 1. The number of carbonyl (C=O) groups excluding carboxylic acids is 1. The van der Waals surface area contributed by atoms with Crippen molar-refractivity contribution in [1.82, 2.24) is 0 Å². The third-order valence-electron chi connectivity index (χ3n) is 5.35. The fourth-order valence-electron chi connectivity index (χ4n) is 4.68. The molecule has 2 aliphatic rings. The highest BCUT2D eigenvalue weighted by Gasteiger charge is 2.48. The van der Waals surface area contributed by atoms with Crippen LogP contribution in [-0.4, -0.2) is 35.5 Å². The second-order valence-corrected chi connectivity index (χ2v) is 8.35. The van der Waals surface area contributed by atoms with E-state index in [-0.39, 0.29) is 5.92 Å². The highest BCUT2D eigenvalue weighted by atomic mass is 16.1. The lowest BCUT2D eigenvalue weighted by Crippen LogP contribution is -3.23. The minimum Gasteiger partial charge on any atom is -0.337 e. The zero-order chi connectivity index (χ0) is 14.4. The van der Waals surface area contributed by atoms with Crippen molar-refractivity contribution in [2.45, 2.75) is 84.0 Å². The zero-order valence-electron chi connectivity index (χ0n) is 13.5. The molecule has 3 atom stereocenters. The fourth-order valence-corrected chi connectivity index (χ4v) is 4.68. The van der Waals surface area contributed by atoms with Gasteiger partial charge >= 0.3 is 0 Å². The molecule has 0 amide bonds. The number of hydrogen-bond donors (Lipinski definition) is 2.